The van der Waals surface area contributed by atoms with Crippen molar-refractivity contribution in [2.24, 2.45) is 11.8 Å². The molecule has 3 N–H and O–H groups in total. The molecule has 10 atom stereocenters. The number of esters is 1. The zero-order chi connectivity index (χ0) is 31.7. The zero-order valence-electron chi connectivity index (χ0n) is 24.8. The Morgan fingerprint density at radius 2 is 1.65 bits per heavy atom. The van der Waals surface area contributed by atoms with Crippen molar-refractivity contribution in [2.45, 2.75) is 49.0 Å². The number of carbonyl (C=O) groups is 1. The molecule has 0 spiro atoms. The first-order valence-electron chi connectivity index (χ1n) is 14.9. The van der Waals surface area contributed by atoms with Gasteiger partial charge in [-0.1, -0.05) is 6.07 Å². The van der Waals surface area contributed by atoms with Crippen LogP contribution < -0.4 is 18.9 Å². The van der Waals surface area contributed by atoms with Gasteiger partial charge in [0.1, 0.15) is 24.4 Å². The minimum absolute atomic E-state index is 0.0242. The molecule has 13 nitrogen and oxygen atoms in total. The second-order valence-corrected chi connectivity index (χ2v) is 12.7. The summed E-state index contributed by atoms with van der Waals surface area (Å²) in [5.74, 6) is -1.08. The van der Waals surface area contributed by atoms with Crippen LogP contribution in [0.25, 0.3) is 0 Å². The number of ether oxygens (including phenoxy) is 9. The van der Waals surface area contributed by atoms with Crippen molar-refractivity contribution in [2.75, 3.05) is 34.2 Å². The topological polar surface area (TPSA) is 161 Å². The summed E-state index contributed by atoms with van der Waals surface area (Å²) in [6.45, 7) is 0.171. The third-order valence-corrected chi connectivity index (χ3v) is 10.3. The van der Waals surface area contributed by atoms with Gasteiger partial charge in [-0.2, -0.15) is 0 Å². The molecule has 46 heavy (non-hydrogen) atoms. The number of hydrogen-bond donors (Lipinski definition) is 3. The molecule has 0 bridgehead atoms. The Labute approximate surface area is 267 Å². The summed E-state index contributed by atoms with van der Waals surface area (Å²) >= 11 is 1.46. The van der Waals surface area contributed by atoms with Crippen LogP contribution in [0.2, 0.25) is 0 Å². The monoisotopic (exact) mass is 656 g/mol. The summed E-state index contributed by atoms with van der Waals surface area (Å²) in [7, 11) is 2.86. The molecule has 5 aliphatic rings. The van der Waals surface area contributed by atoms with Crippen LogP contribution in [-0.2, 0) is 28.5 Å². The molecule has 1 aromatic heterocycles. The zero-order valence-corrected chi connectivity index (χ0v) is 25.6. The molecule has 2 aromatic carbocycles. The Balaban J connectivity index is 1.16. The lowest BCUT2D eigenvalue weighted by atomic mass is 9.66. The number of carbonyl (C=O) groups excluding carboxylic acids is 1. The van der Waals surface area contributed by atoms with Gasteiger partial charge in [0.25, 0.3) is 0 Å². The highest BCUT2D eigenvalue weighted by Crippen LogP contribution is 2.57. The Hall–Kier alpha value is -3.63. The van der Waals surface area contributed by atoms with E-state index in [9.17, 15) is 20.1 Å². The second kappa shape index (κ2) is 11.6. The van der Waals surface area contributed by atoms with Gasteiger partial charge in [0.05, 0.1) is 44.3 Å². The van der Waals surface area contributed by atoms with Crippen LogP contribution in [0.4, 0.5) is 0 Å². The SMILES string of the molecule is COc1cc(C2c3cc4c(cc3C(OC3OC5COC(c6cccs6)OC5C(O)C3O)[C@H]3COC(=O)[C@H]23)OCO4)cc(OC)c1O. The fraction of sp³-hybridized carbons (Fsp3) is 0.469. The van der Waals surface area contributed by atoms with E-state index >= 15 is 0 Å². The van der Waals surface area contributed by atoms with E-state index in [1.807, 2.05) is 23.6 Å². The standard InChI is InChI=1S/C32H32O13S/c1-37-19-6-13(7-20(38-2)25(19)33)23-14-8-17-18(42-12-41-17)9-15(14)28(16-10-39-30(36)24(16)23)44-32-27(35)26(34)29-21(43-32)11-40-31(45-29)22-4-3-5-46-22/h3-9,16,21,23-24,26-29,31-35H,10-12H2,1-2H3/t16-,21?,23?,24-,26?,27?,28?,29?,31?,32?/m0/s1. The highest BCUT2D eigenvalue weighted by Gasteiger charge is 2.56. The fourth-order valence-electron chi connectivity index (χ4n) is 7.18. The number of methoxy groups -OCH3 is 2. The van der Waals surface area contributed by atoms with Crippen molar-refractivity contribution in [3.05, 3.63) is 63.3 Å². The fourth-order valence-corrected chi connectivity index (χ4v) is 7.89. The summed E-state index contributed by atoms with van der Waals surface area (Å²) in [4.78, 5) is 14.3. The molecule has 8 rings (SSSR count). The number of aliphatic hydroxyl groups excluding tert-OH is 2. The number of phenolic OH excluding ortho intramolecular Hbond substituents is 1. The summed E-state index contributed by atoms with van der Waals surface area (Å²) in [5.41, 5.74) is 2.00. The second-order valence-electron chi connectivity index (χ2n) is 11.8. The molecule has 3 saturated heterocycles. The molecule has 4 aliphatic heterocycles. The van der Waals surface area contributed by atoms with E-state index in [-0.39, 0.29) is 37.3 Å². The van der Waals surface area contributed by atoms with E-state index < -0.39 is 66.8 Å². The Morgan fingerprint density at radius 3 is 2.35 bits per heavy atom. The van der Waals surface area contributed by atoms with Crippen molar-refractivity contribution in [3.63, 3.8) is 0 Å². The smallest absolute Gasteiger partial charge is 0.310 e. The van der Waals surface area contributed by atoms with Gasteiger partial charge in [0.15, 0.2) is 35.6 Å². The molecule has 3 aromatic rings. The molecular formula is C32H32O13S. The molecule has 0 amide bonds. The van der Waals surface area contributed by atoms with Crippen LogP contribution in [0.15, 0.2) is 41.8 Å². The van der Waals surface area contributed by atoms with Crippen molar-refractivity contribution in [3.8, 4) is 28.7 Å². The number of hydrogen-bond acceptors (Lipinski definition) is 14. The van der Waals surface area contributed by atoms with Crippen molar-refractivity contribution < 1.29 is 62.7 Å². The summed E-state index contributed by atoms with van der Waals surface area (Å²) in [5, 5.41) is 35.0. The minimum Gasteiger partial charge on any atom is -0.502 e. The van der Waals surface area contributed by atoms with E-state index in [2.05, 4.69) is 0 Å². The number of aliphatic hydroxyl groups is 2. The molecule has 244 valence electrons. The first-order chi connectivity index (χ1) is 22.4. The molecule has 8 unspecified atom stereocenters. The highest BCUT2D eigenvalue weighted by atomic mass is 32.1. The van der Waals surface area contributed by atoms with Crippen LogP contribution in [0, 0.1) is 11.8 Å². The van der Waals surface area contributed by atoms with E-state index in [1.165, 1.54) is 25.6 Å². The Bertz CT molecular complexity index is 1600. The lowest BCUT2D eigenvalue weighted by molar-refractivity contribution is -0.368. The number of thiophene rings is 1. The van der Waals surface area contributed by atoms with Crippen molar-refractivity contribution >= 4 is 17.3 Å². The van der Waals surface area contributed by atoms with Gasteiger partial charge in [-0.3, -0.25) is 4.79 Å². The third-order valence-electron chi connectivity index (χ3n) is 9.37. The van der Waals surface area contributed by atoms with Crippen molar-refractivity contribution in [1.29, 1.82) is 0 Å². The number of rotatable bonds is 6. The average molecular weight is 657 g/mol. The summed E-state index contributed by atoms with van der Waals surface area (Å²) < 4.78 is 52.6. The Morgan fingerprint density at radius 1 is 0.913 bits per heavy atom. The third kappa shape index (κ3) is 4.70. The molecule has 5 heterocycles. The highest BCUT2D eigenvalue weighted by molar-refractivity contribution is 7.10. The van der Waals surface area contributed by atoms with Crippen LogP contribution >= 0.6 is 11.3 Å². The molecule has 0 saturated carbocycles. The van der Waals surface area contributed by atoms with Crippen LogP contribution in [-0.4, -0.2) is 86.2 Å². The van der Waals surface area contributed by atoms with Crippen LogP contribution in [0.1, 0.15) is 39.9 Å². The quantitative estimate of drug-likeness (QED) is 0.333. The lowest BCUT2D eigenvalue weighted by Gasteiger charge is -2.48. The number of phenols is 1. The minimum atomic E-state index is -1.47. The van der Waals surface area contributed by atoms with Gasteiger partial charge < -0.3 is 58.0 Å². The van der Waals surface area contributed by atoms with Crippen molar-refractivity contribution in [1.82, 2.24) is 0 Å². The summed E-state index contributed by atoms with van der Waals surface area (Å²) in [6, 6.07) is 10.7. The van der Waals surface area contributed by atoms with Crippen LogP contribution in [0.3, 0.4) is 0 Å². The molecule has 0 radical (unpaired) electrons. The van der Waals surface area contributed by atoms with Crippen LogP contribution in [0.5, 0.6) is 28.7 Å². The van der Waals surface area contributed by atoms with Gasteiger partial charge in [0.2, 0.25) is 12.5 Å². The van der Waals surface area contributed by atoms with Gasteiger partial charge in [-0.15, -0.1) is 11.3 Å². The van der Waals surface area contributed by atoms with Gasteiger partial charge in [0, 0.05) is 11.8 Å². The largest absolute Gasteiger partial charge is 0.502 e. The number of benzene rings is 2. The molecular weight excluding hydrogens is 624 g/mol. The molecule has 1 aliphatic carbocycles. The van der Waals surface area contributed by atoms with Gasteiger partial charge in [-0.05, 0) is 52.4 Å². The maximum Gasteiger partial charge on any atom is 0.310 e. The van der Waals surface area contributed by atoms with E-state index in [4.69, 9.17) is 42.6 Å². The number of cyclic esters (lactones) is 1. The summed E-state index contributed by atoms with van der Waals surface area (Å²) in [6.07, 6.45) is -7.16. The lowest BCUT2D eigenvalue weighted by Crippen LogP contribution is -2.62. The number of fused-ring (bicyclic) bond motifs is 4. The first-order valence-corrected chi connectivity index (χ1v) is 15.8. The Kier molecular flexibility index (Phi) is 7.48. The number of aromatic hydroxyl groups is 1. The maximum absolute atomic E-state index is 13.5. The van der Waals surface area contributed by atoms with E-state index in [1.54, 1.807) is 18.2 Å². The van der Waals surface area contributed by atoms with E-state index in [0.717, 1.165) is 4.88 Å². The maximum atomic E-state index is 13.5. The predicted molar refractivity (Wildman–Crippen MR) is 156 cm³/mol. The molecule has 3 fully saturated rings. The average Bonchev–Trinajstić information content (AvgIpc) is 3.85. The van der Waals surface area contributed by atoms with E-state index in [0.29, 0.717) is 28.2 Å². The normalized spacial score (nSPS) is 34.3. The predicted octanol–water partition coefficient (Wildman–Crippen LogP) is 2.75. The van der Waals surface area contributed by atoms with Gasteiger partial charge >= 0.3 is 5.97 Å². The first kappa shape index (κ1) is 29.8. The molecule has 14 heteroatoms. The van der Waals surface area contributed by atoms with Gasteiger partial charge in [-0.25, -0.2) is 0 Å².